The van der Waals surface area contributed by atoms with Crippen molar-refractivity contribution in [3.63, 3.8) is 0 Å². The third kappa shape index (κ3) is 4.54. The van der Waals surface area contributed by atoms with Gasteiger partial charge in [0.05, 0.1) is 18.6 Å². The predicted molar refractivity (Wildman–Crippen MR) is 94.4 cm³/mol. The lowest BCUT2D eigenvalue weighted by atomic mass is 10.1. The molecule has 0 spiro atoms. The molecule has 0 saturated heterocycles. The second-order valence-electron chi connectivity index (χ2n) is 5.16. The Morgan fingerprint density at radius 3 is 2.33 bits per heavy atom. The molecule has 0 bridgehead atoms. The highest BCUT2D eigenvalue weighted by atomic mass is 35.5. The van der Waals surface area contributed by atoms with Crippen molar-refractivity contribution in [1.82, 2.24) is 5.01 Å². The lowest BCUT2D eigenvalue weighted by molar-refractivity contribution is -0.129. The molecule has 0 radical (unpaired) electrons. The molecule has 2 rings (SSSR count). The number of hydrazine groups is 1. The van der Waals surface area contributed by atoms with Crippen molar-refractivity contribution in [1.29, 1.82) is 0 Å². The van der Waals surface area contributed by atoms with Crippen LogP contribution in [0.3, 0.4) is 0 Å². The zero-order chi connectivity index (χ0) is 17.7. The molecule has 0 aromatic heterocycles. The van der Waals surface area contributed by atoms with E-state index in [1.807, 2.05) is 24.3 Å². The average molecular weight is 369 g/mol. The van der Waals surface area contributed by atoms with Gasteiger partial charge in [-0.2, -0.15) is 0 Å². The Morgan fingerprint density at radius 1 is 1.12 bits per heavy atom. The molecule has 0 unspecified atom stereocenters. The molecule has 24 heavy (non-hydrogen) atoms. The topological polar surface area (TPSA) is 64.8 Å². The number of halogens is 2. The first-order chi connectivity index (χ1) is 11.4. The van der Waals surface area contributed by atoms with Crippen LogP contribution in [0.25, 0.3) is 0 Å². The lowest BCUT2D eigenvalue weighted by Gasteiger charge is -2.16. The molecule has 128 valence electrons. The van der Waals surface area contributed by atoms with Gasteiger partial charge in [0.15, 0.2) is 0 Å². The molecule has 7 heteroatoms. The van der Waals surface area contributed by atoms with Crippen molar-refractivity contribution in [3.8, 4) is 11.5 Å². The molecule has 0 aliphatic rings. The molecule has 5 nitrogen and oxygen atoms in total. The van der Waals surface area contributed by atoms with Gasteiger partial charge >= 0.3 is 0 Å². The predicted octanol–water partition coefficient (Wildman–Crippen LogP) is 3.46. The number of hydrogen-bond acceptors (Lipinski definition) is 4. The zero-order valence-corrected chi connectivity index (χ0v) is 14.9. The average Bonchev–Trinajstić information content (AvgIpc) is 2.58. The maximum absolute atomic E-state index is 11.9. The second-order valence-corrected chi connectivity index (χ2v) is 5.97. The molecular formula is C17H18Cl2N2O3. The van der Waals surface area contributed by atoms with Crippen molar-refractivity contribution in [2.45, 2.75) is 13.0 Å². The molecule has 1 amide bonds. The second kappa shape index (κ2) is 8.24. The summed E-state index contributed by atoms with van der Waals surface area (Å²) in [5.41, 5.74) is 1.44. The number of benzene rings is 2. The van der Waals surface area contributed by atoms with Crippen molar-refractivity contribution in [3.05, 3.63) is 57.6 Å². The van der Waals surface area contributed by atoms with Gasteiger partial charge in [-0.05, 0) is 29.8 Å². The molecule has 0 saturated carbocycles. The van der Waals surface area contributed by atoms with Gasteiger partial charge in [0.1, 0.15) is 18.1 Å². The number of methoxy groups -OCH3 is 1. The van der Waals surface area contributed by atoms with Gasteiger partial charge in [-0.3, -0.25) is 9.80 Å². The SMILES string of the molecule is COc1ccc(COc2c(Cl)ccc(Cl)c2CC(=O)N(C)N)cc1. The number of hydrogen-bond donors (Lipinski definition) is 1. The number of carbonyl (C=O) groups is 1. The molecule has 0 aliphatic heterocycles. The summed E-state index contributed by atoms with van der Waals surface area (Å²) in [7, 11) is 3.08. The van der Waals surface area contributed by atoms with E-state index in [1.54, 1.807) is 19.2 Å². The Bertz CT molecular complexity index is 719. The van der Waals surface area contributed by atoms with Crippen LogP contribution in [0.2, 0.25) is 10.0 Å². The number of nitrogens with two attached hydrogens (primary N) is 1. The molecular weight excluding hydrogens is 351 g/mol. The van der Waals surface area contributed by atoms with Gasteiger partial charge < -0.3 is 9.47 Å². The monoisotopic (exact) mass is 368 g/mol. The maximum Gasteiger partial charge on any atom is 0.240 e. The first-order valence-corrected chi connectivity index (χ1v) is 7.91. The minimum absolute atomic E-state index is 0.00430. The van der Waals surface area contributed by atoms with E-state index < -0.39 is 0 Å². The highest BCUT2D eigenvalue weighted by Crippen LogP contribution is 2.35. The highest BCUT2D eigenvalue weighted by Gasteiger charge is 2.17. The van der Waals surface area contributed by atoms with Crippen LogP contribution >= 0.6 is 23.2 Å². The number of nitrogens with zero attached hydrogens (tertiary/aromatic N) is 1. The fourth-order valence-corrected chi connectivity index (χ4v) is 2.50. The van der Waals surface area contributed by atoms with E-state index in [4.69, 9.17) is 38.5 Å². The summed E-state index contributed by atoms with van der Waals surface area (Å²) in [4.78, 5) is 11.9. The number of likely N-dealkylation sites (N-methyl/N-ethyl adjacent to an activating group) is 1. The van der Waals surface area contributed by atoms with Crippen LogP contribution in [0.5, 0.6) is 11.5 Å². The largest absolute Gasteiger partial charge is 0.497 e. The summed E-state index contributed by atoms with van der Waals surface area (Å²) in [5.74, 6) is 6.32. The van der Waals surface area contributed by atoms with Crippen LogP contribution < -0.4 is 15.3 Å². The van der Waals surface area contributed by atoms with E-state index in [-0.39, 0.29) is 18.9 Å². The molecule has 0 atom stereocenters. The van der Waals surface area contributed by atoms with Crippen LogP contribution in [0.1, 0.15) is 11.1 Å². The molecule has 2 N–H and O–H groups in total. The number of rotatable bonds is 6. The minimum atomic E-state index is -0.298. The highest BCUT2D eigenvalue weighted by molar-refractivity contribution is 6.35. The van der Waals surface area contributed by atoms with E-state index in [0.29, 0.717) is 21.4 Å². The van der Waals surface area contributed by atoms with Gasteiger partial charge in [-0.25, -0.2) is 5.84 Å². The molecule has 0 fully saturated rings. The molecule has 0 heterocycles. The first-order valence-electron chi connectivity index (χ1n) is 7.16. The number of carbonyl (C=O) groups excluding carboxylic acids is 1. The smallest absolute Gasteiger partial charge is 0.240 e. The van der Waals surface area contributed by atoms with E-state index in [1.165, 1.54) is 7.05 Å². The standard InChI is InChI=1S/C17H18Cl2N2O3/c1-21(20)16(22)9-13-14(18)7-8-15(19)17(13)24-10-11-3-5-12(23-2)6-4-11/h3-8H,9-10,20H2,1-2H3. The minimum Gasteiger partial charge on any atom is -0.497 e. The number of ether oxygens (including phenoxy) is 2. The van der Waals surface area contributed by atoms with E-state index in [2.05, 4.69) is 0 Å². The summed E-state index contributed by atoms with van der Waals surface area (Å²) in [6, 6.07) is 10.7. The number of amides is 1. The lowest BCUT2D eigenvalue weighted by Crippen LogP contribution is -2.34. The van der Waals surface area contributed by atoms with Crippen molar-refractivity contribution in [2.75, 3.05) is 14.2 Å². The normalized spacial score (nSPS) is 10.4. The summed E-state index contributed by atoms with van der Waals surface area (Å²) >= 11 is 12.4. The quantitative estimate of drug-likeness (QED) is 0.481. The Labute approximate surface area is 150 Å². The van der Waals surface area contributed by atoms with Crippen LogP contribution in [0.4, 0.5) is 0 Å². The Hall–Kier alpha value is -1.95. The Morgan fingerprint density at radius 2 is 1.75 bits per heavy atom. The van der Waals surface area contributed by atoms with Gasteiger partial charge in [0.2, 0.25) is 5.91 Å². The van der Waals surface area contributed by atoms with E-state index >= 15 is 0 Å². The summed E-state index contributed by atoms with van der Waals surface area (Å²) < 4.78 is 10.9. The summed E-state index contributed by atoms with van der Waals surface area (Å²) in [6.45, 7) is 0.281. The van der Waals surface area contributed by atoms with Gasteiger partial charge in [0.25, 0.3) is 0 Å². The fourth-order valence-electron chi connectivity index (χ4n) is 2.05. The van der Waals surface area contributed by atoms with Gasteiger partial charge in [0, 0.05) is 17.6 Å². The van der Waals surface area contributed by atoms with Crippen LogP contribution in [-0.4, -0.2) is 25.1 Å². The first kappa shape index (κ1) is 18.4. The third-order valence-electron chi connectivity index (χ3n) is 3.42. The van der Waals surface area contributed by atoms with Crippen LogP contribution in [-0.2, 0) is 17.8 Å². The molecule has 0 aliphatic carbocycles. The Balaban J connectivity index is 2.21. The Kier molecular flexibility index (Phi) is 6.31. The van der Waals surface area contributed by atoms with Crippen molar-refractivity contribution >= 4 is 29.1 Å². The van der Waals surface area contributed by atoms with Crippen LogP contribution in [0.15, 0.2) is 36.4 Å². The van der Waals surface area contributed by atoms with Crippen molar-refractivity contribution in [2.24, 2.45) is 5.84 Å². The van der Waals surface area contributed by atoms with Crippen molar-refractivity contribution < 1.29 is 14.3 Å². The summed E-state index contributed by atoms with van der Waals surface area (Å²) in [6.07, 6.45) is 0.00430. The van der Waals surface area contributed by atoms with Gasteiger partial charge in [-0.1, -0.05) is 35.3 Å². The maximum atomic E-state index is 11.9. The molecule has 2 aromatic rings. The van der Waals surface area contributed by atoms with E-state index in [0.717, 1.165) is 16.3 Å². The molecule has 2 aromatic carbocycles. The van der Waals surface area contributed by atoms with E-state index in [9.17, 15) is 4.79 Å². The fraction of sp³-hybridized carbons (Fsp3) is 0.235. The van der Waals surface area contributed by atoms with Gasteiger partial charge in [-0.15, -0.1) is 0 Å². The van der Waals surface area contributed by atoms with Crippen LogP contribution in [0, 0.1) is 0 Å². The third-order valence-corrected chi connectivity index (χ3v) is 4.07. The zero-order valence-electron chi connectivity index (χ0n) is 13.4. The summed E-state index contributed by atoms with van der Waals surface area (Å²) in [5, 5.41) is 1.79.